The summed E-state index contributed by atoms with van der Waals surface area (Å²) in [7, 11) is 0. The zero-order valence-corrected chi connectivity index (χ0v) is 8.97. The van der Waals surface area contributed by atoms with E-state index in [4.69, 9.17) is 0 Å². The Balaban J connectivity index is 3.19. The molecule has 0 amide bonds. The predicted molar refractivity (Wildman–Crippen MR) is 57.3 cm³/mol. The molecule has 12 heavy (non-hydrogen) atoms. The van der Waals surface area contributed by atoms with Crippen molar-refractivity contribution in [3.05, 3.63) is 12.7 Å². The van der Waals surface area contributed by atoms with Crippen LogP contribution in [0.1, 0.15) is 52.9 Å². The zero-order chi connectivity index (χ0) is 9.40. The van der Waals surface area contributed by atoms with E-state index in [1.807, 2.05) is 6.08 Å². The van der Waals surface area contributed by atoms with Crippen LogP contribution < -0.4 is 0 Å². The standard InChI is InChI=1S/C12H24/c1-5-6-7-8-9-12(4)10-11(2)3/h5,11-12H,1,6-10H2,2-4H3. The van der Waals surface area contributed by atoms with Crippen molar-refractivity contribution in [1.29, 1.82) is 0 Å². The maximum Gasteiger partial charge on any atom is -0.0353 e. The molecule has 0 bridgehead atoms. The fraction of sp³-hybridized carbons (Fsp3) is 0.833. The first-order chi connectivity index (χ1) is 5.66. The predicted octanol–water partition coefficient (Wildman–Crippen LogP) is 4.42. The molecule has 0 rings (SSSR count). The number of hydrogen-bond donors (Lipinski definition) is 0. The molecule has 0 heteroatoms. The van der Waals surface area contributed by atoms with E-state index < -0.39 is 0 Å². The van der Waals surface area contributed by atoms with Gasteiger partial charge in [-0.25, -0.2) is 0 Å². The summed E-state index contributed by atoms with van der Waals surface area (Å²) in [5, 5.41) is 0. The first-order valence-corrected chi connectivity index (χ1v) is 5.27. The van der Waals surface area contributed by atoms with Crippen molar-refractivity contribution in [3.8, 4) is 0 Å². The van der Waals surface area contributed by atoms with Crippen molar-refractivity contribution in [2.24, 2.45) is 11.8 Å². The van der Waals surface area contributed by atoms with E-state index in [9.17, 15) is 0 Å². The summed E-state index contributed by atoms with van der Waals surface area (Å²) >= 11 is 0. The highest BCUT2D eigenvalue weighted by atomic mass is 14.1. The van der Waals surface area contributed by atoms with Gasteiger partial charge in [-0.1, -0.05) is 39.7 Å². The Labute approximate surface area is 78.1 Å². The molecular formula is C12H24. The van der Waals surface area contributed by atoms with Crippen molar-refractivity contribution < 1.29 is 0 Å². The molecule has 0 aromatic heterocycles. The second-order valence-electron chi connectivity index (χ2n) is 4.31. The molecule has 0 spiro atoms. The minimum atomic E-state index is 0.861. The smallest absolute Gasteiger partial charge is 0.0353 e. The summed E-state index contributed by atoms with van der Waals surface area (Å²) in [6.45, 7) is 10.7. The molecule has 0 heterocycles. The van der Waals surface area contributed by atoms with Gasteiger partial charge in [0.05, 0.1) is 0 Å². The Morgan fingerprint density at radius 1 is 1.17 bits per heavy atom. The Morgan fingerprint density at radius 2 is 1.83 bits per heavy atom. The van der Waals surface area contributed by atoms with Crippen LogP contribution in [-0.4, -0.2) is 0 Å². The van der Waals surface area contributed by atoms with E-state index in [2.05, 4.69) is 27.4 Å². The quantitative estimate of drug-likeness (QED) is 0.390. The molecule has 0 fully saturated rings. The molecular weight excluding hydrogens is 144 g/mol. The normalized spacial score (nSPS) is 13.3. The first kappa shape index (κ1) is 11.7. The highest BCUT2D eigenvalue weighted by Crippen LogP contribution is 2.17. The van der Waals surface area contributed by atoms with Gasteiger partial charge in [0.2, 0.25) is 0 Å². The third-order valence-corrected chi connectivity index (χ3v) is 2.23. The molecule has 0 aliphatic carbocycles. The van der Waals surface area contributed by atoms with E-state index in [0.717, 1.165) is 11.8 Å². The lowest BCUT2D eigenvalue weighted by Crippen LogP contribution is -1.99. The van der Waals surface area contributed by atoms with Gasteiger partial charge < -0.3 is 0 Å². The maximum absolute atomic E-state index is 3.73. The van der Waals surface area contributed by atoms with E-state index in [0.29, 0.717) is 0 Å². The number of hydrogen-bond acceptors (Lipinski definition) is 0. The second kappa shape index (κ2) is 7.39. The molecule has 0 saturated heterocycles. The van der Waals surface area contributed by atoms with Crippen LogP contribution in [0.5, 0.6) is 0 Å². The number of allylic oxidation sites excluding steroid dienone is 1. The summed E-state index contributed by atoms with van der Waals surface area (Å²) in [5.41, 5.74) is 0. The Morgan fingerprint density at radius 3 is 2.33 bits per heavy atom. The molecule has 0 N–H and O–H groups in total. The maximum atomic E-state index is 3.73. The first-order valence-electron chi connectivity index (χ1n) is 5.27. The molecule has 0 aromatic carbocycles. The third-order valence-electron chi connectivity index (χ3n) is 2.23. The summed E-state index contributed by atoms with van der Waals surface area (Å²) < 4.78 is 0. The summed E-state index contributed by atoms with van der Waals surface area (Å²) in [5.74, 6) is 1.77. The van der Waals surface area contributed by atoms with Crippen molar-refractivity contribution >= 4 is 0 Å². The van der Waals surface area contributed by atoms with Crippen LogP contribution in [0.4, 0.5) is 0 Å². The van der Waals surface area contributed by atoms with Gasteiger partial charge in [-0.3, -0.25) is 0 Å². The second-order valence-corrected chi connectivity index (χ2v) is 4.31. The van der Waals surface area contributed by atoms with Gasteiger partial charge in [0, 0.05) is 0 Å². The number of unbranched alkanes of at least 4 members (excludes halogenated alkanes) is 2. The van der Waals surface area contributed by atoms with Crippen molar-refractivity contribution in [2.45, 2.75) is 52.9 Å². The van der Waals surface area contributed by atoms with Crippen LogP contribution in [0.15, 0.2) is 12.7 Å². The average molecular weight is 168 g/mol. The Kier molecular flexibility index (Phi) is 7.23. The summed E-state index contributed by atoms with van der Waals surface area (Å²) in [4.78, 5) is 0. The Bertz CT molecular complexity index is 103. The molecule has 0 radical (unpaired) electrons. The lowest BCUT2D eigenvalue weighted by Gasteiger charge is -2.12. The van der Waals surface area contributed by atoms with Gasteiger partial charge >= 0.3 is 0 Å². The van der Waals surface area contributed by atoms with Gasteiger partial charge in [0.15, 0.2) is 0 Å². The lowest BCUT2D eigenvalue weighted by atomic mass is 9.94. The van der Waals surface area contributed by atoms with Crippen LogP contribution >= 0.6 is 0 Å². The molecule has 1 atom stereocenters. The molecule has 0 aliphatic rings. The van der Waals surface area contributed by atoms with E-state index in [1.54, 1.807) is 0 Å². The fourth-order valence-corrected chi connectivity index (χ4v) is 1.70. The van der Waals surface area contributed by atoms with Crippen LogP contribution in [0.25, 0.3) is 0 Å². The molecule has 1 unspecified atom stereocenters. The highest BCUT2D eigenvalue weighted by molar-refractivity contribution is 4.66. The van der Waals surface area contributed by atoms with E-state index in [1.165, 1.54) is 32.1 Å². The van der Waals surface area contributed by atoms with E-state index >= 15 is 0 Å². The van der Waals surface area contributed by atoms with Crippen molar-refractivity contribution in [3.63, 3.8) is 0 Å². The minimum absolute atomic E-state index is 0.861. The topological polar surface area (TPSA) is 0 Å². The van der Waals surface area contributed by atoms with Gasteiger partial charge in [-0.2, -0.15) is 0 Å². The van der Waals surface area contributed by atoms with Crippen LogP contribution in [0, 0.1) is 11.8 Å². The van der Waals surface area contributed by atoms with Crippen LogP contribution in [0.3, 0.4) is 0 Å². The van der Waals surface area contributed by atoms with Gasteiger partial charge in [0.25, 0.3) is 0 Å². The fourth-order valence-electron chi connectivity index (χ4n) is 1.70. The van der Waals surface area contributed by atoms with Gasteiger partial charge in [-0.15, -0.1) is 6.58 Å². The SMILES string of the molecule is C=CCCCCC(C)CC(C)C. The minimum Gasteiger partial charge on any atom is -0.103 e. The highest BCUT2D eigenvalue weighted by Gasteiger charge is 2.03. The van der Waals surface area contributed by atoms with Gasteiger partial charge in [-0.05, 0) is 31.1 Å². The zero-order valence-electron chi connectivity index (χ0n) is 8.97. The summed E-state index contributed by atoms with van der Waals surface area (Å²) in [6.07, 6.45) is 8.69. The van der Waals surface area contributed by atoms with E-state index in [-0.39, 0.29) is 0 Å². The Hall–Kier alpha value is -0.260. The van der Waals surface area contributed by atoms with Crippen molar-refractivity contribution in [2.75, 3.05) is 0 Å². The summed E-state index contributed by atoms with van der Waals surface area (Å²) in [6, 6.07) is 0. The largest absolute Gasteiger partial charge is 0.103 e. The molecule has 72 valence electrons. The average Bonchev–Trinajstić information content (AvgIpc) is 1.97. The van der Waals surface area contributed by atoms with Gasteiger partial charge in [0.1, 0.15) is 0 Å². The van der Waals surface area contributed by atoms with Crippen LogP contribution in [-0.2, 0) is 0 Å². The lowest BCUT2D eigenvalue weighted by molar-refractivity contribution is 0.402. The molecule has 0 saturated carbocycles. The number of rotatable bonds is 7. The molecule has 0 aliphatic heterocycles. The molecule has 0 aromatic rings. The van der Waals surface area contributed by atoms with Crippen molar-refractivity contribution in [1.82, 2.24) is 0 Å². The third kappa shape index (κ3) is 7.84. The molecule has 0 nitrogen and oxygen atoms in total. The monoisotopic (exact) mass is 168 g/mol. The van der Waals surface area contributed by atoms with Crippen LogP contribution in [0.2, 0.25) is 0 Å².